The summed E-state index contributed by atoms with van der Waals surface area (Å²) in [7, 11) is 2.85. The van der Waals surface area contributed by atoms with Crippen molar-refractivity contribution in [1.82, 2.24) is 4.98 Å². The summed E-state index contributed by atoms with van der Waals surface area (Å²) in [5.41, 5.74) is 5.81. The van der Waals surface area contributed by atoms with Gasteiger partial charge in [-0.1, -0.05) is 0 Å². The molecule has 0 spiro atoms. The maximum absolute atomic E-state index is 10.7. The van der Waals surface area contributed by atoms with E-state index in [4.69, 9.17) is 20.3 Å². The minimum atomic E-state index is -1.16. The van der Waals surface area contributed by atoms with Gasteiger partial charge in [-0.25, -0.2) is 4.98 Å². The Morgan fingerprint density at radius 1 is 1.53 bits per heavy atom. The molecule has 1 aromatic heterocycles. The number of carboxylic acid groups (broad SMARTS) is 1. The van der Waals surface area contributed by atoms with E-state index in [1.165, 1.54) is 26.5 Å². The number of aliphatic carboxylic acids is 1. The molecule has 0 amide bonds. The topological polar surface area (TPSA) is 94.7 Å². The number of hydrogen-bond donors (Lipinski definition) is 2. The van der Waals surface area contributed by atoms with Crippen molar-refractivity contribution in [2.75, 3.05) is 14.2 Å². The summed E-state index contributed by atoms with van der Waals surface area (Å²) in [5, 5.41) is 8.78. The fourth-order valence-corrected chi connectivity index (χ4v) is 1.10. The molecule has 0 aromatic carbocycles. The van der Waals surface area contributed by atoms with Crippen LogP contribution in [-0.2, 0) is 4.79 Å². The van der Waals surface area contributed by atoms with E-state index >= 15 is 0 Å². The van der Waals surface area contributed by atoms with Gasteiger partial charge in [-0.2, -0.15) is 0 Å². The molecule has 0 saturated heterocycles. The highest BCUT2D eigenvalue weighted by molar-refractivity contribution is 5.76. The van der Waals surface area contributed by atoms with Gasteiger partial charge in [0.25, 0.3) is 0 Å². The number of carbonyl (C=O) groups is 1. The number of carboxylic acids is 1. The molecule has 1 rings (SSSR count). The molecule has 1 heterocycles. The average Bonchev–Trinajstić information content (AvgIpc) is 2.27. The van der Waals surface area contributed by atoms with Gasteiger partial charge in [0.2, 0.25) is 5.88 Å². The zero-order chi connectivity index (χ0) is 11.4. The van der Waals surface area contributed by atoms with Crippen LogP contribution in [0, 0.1) is 0 Å². The van der Waals surface area contributed by atoms with Crippen LogP contribution < -0.4 is 15.2 Å². The Kier molecular flexibility index (Phi) is 3.46. The third kappa shape index (κ3) is 2.35. The lowest BCUT2D eigenvalue weighted by atomic mass is 10.1. The van der Waals surface area contributed by atoms with Gasteiger partial charge in [-0.05, 0) is 0 Å². The Labute approximate surface area is 86.6 Å². The van der Waals surface area contributed by atoms with E-state index in [-0.39, 0.29) is 0 Å². The quantitative estimate of drug-likeness (QED) is 0.739. The first-order valence-corrected chi connectivity index (χ1v) is 4.16. The van der Waals surface area contributed by atoms with Crippen LogP contribution in [-0.4, -0.2) is 30.3 Å². The van der Waals surface area contributed by atoms with Gasteiger partial charge in [0, 0.05) is 11.6 Å². The summed E-state index contributed by atoms with van der Waals surface area (Å²) in [6, 6.07) is 0.286. The summed E-state index contributed by atoms with van der Waals surface area (Å²) in [4.78, 5) is 14.6. The normalized spacial score (nSPS) is 11.9. The van der Waals surface area contributed by atoms with Crippen molar-refractivity contribution in [3.63, 3.8) is 0 Å². The molecule has 0 bridgehead atoms. The predicted molar refractivity (Wildman–Crippen MR) is 51.9 cm³/mol. The molecule has 0 fully saturated rings. The van der Waals surface area contributed by atoms with Crippen molar-refractivity contribution >= 4 is 5.97 Å². The fourth-order valence-electron chi connectivity index (χ4n) is 1.10. The van der Waals surface area contributed by atoms with Crippen LogP contribution in [0.3, 0.4) is 0 Å². The van der Waals surface area contributed by atoms with Gasteiger partial charge in [0.05, 0.1) is 20.4 Å². The van der Waals surface area contributed by atoms with Gasteiger partial charge in [0.1, 0.15) is 11.8 Å². The highest BCUT2D eigenvalue weighted by Gasteiger charge is 2.20. The van der Waals surface area contributed by atoms with Crippen molar-refractivity contribution in [2.24, 2.45) is 5.73 Å². The van der Waals surface area contributed by atoms with E-state index in [1.807, 2.05) is 0 Å². The molecule has 0 aliphatic heterocycles. The second-order valence-electron chi connectivity index (χ2n) is 2.78. The van der Waals surface area contributed by atoms with Crippen molar-refractivity contribution in [3.8, 4) is 11.6 Å². The second kappa shape index (κ2) is 4.61. The number of aromatic nitrogens is 1. The van der Waals surface area contributed by atoms with Crippen LogP contribution in [0.1, 0.15) is 11.6 Å². The van der Waals surface area contributed by atoms with E-state index in [9.17, 15) is 4.79 Å². The van der Waals surface area contributed by atoms with Gasteiger partial charge < -0.3 is 20.3 Å². The second-order valence-corrected chi connectivity index (χ2v) is 2.78. The van der Waals surface area contributed by atoms with Crippen LogP contribution in [0.25, 0.3) is 0 Å². The highest BCUT2D eigenvalue weighted by Crippen LogP contribution is 2.26. The number of rotatable bonds is 4. The molecule has 0 aliphatic carbocycles. The van der Waals surface area contributed by atoms with Crippen LogP contribution in [0.5, 0.6) is 11.6 Å². The number of nitrogens with zero attached hydrogens (tertiary/aromatic N) is 1. The van der Waals surface area contributed by atoms with E-state index < -0.39 is 12.0 Å². The third-order valence-electron chi connectivity index (χ3n) is 1.90. The zero-order valence-electron chi connectivity index (χ0n) is 8.43. The molecular weight excluding hydrogens is 200 g/mol. The monoisotopic (exact) mass is 212 g/mol. The van der Waals surface area contributed by atoms with Crippen LogP contribution >= 0.6 is 0 Å². The molecular formula is C9H12N2O4. The highest BCUT2D eigenvalue weighted by atomic mass is 16.5. The van der Waals surface area contributed by atoms with Gasteiger partial charge >= 0.3 is 5.97 Å². The van der Waals surface area contributed by atoms with Crippen molar-refractivity contribution in [1.29, 1.82) is 0 Å². The number of nitrogens with two attached hydrogens (primary N) is 1. The first kappa shape index (κ1) is 11.3. The van der Waals surface area contributed by atoms with Crippen LogP contribution in [0.2, 0.25) is 0 Å². The maximum Gasteiger partial charge on any atom is 0.325 e. The molecule has 3 N–H and O–H groups in total. The molecule has 82 valence electrons. The summed E-state index contributed by atoms with van der Waals surface area (Å²) >= 11 is 0. The van der Waals surface area contributed by atoms with E-state index in [0.717, 1.165) is 0 Å². The Morgan fingerprint density at radius 3 is 2.67 bits per heavy atom. The molecule has 15 heavy (non-hydrogen) atoms. The molecule has 6 nitrogen and oxygen atoms in total. The minimum Gasteiger partial charge on any atom is -0.495 e. The molecule has 6 heteroatoms. The number of ether oxygens (including phenoxy) is 2. The zero-order valence-corrected chi connectivity index (χ0v) is 8.43. The Morgan fingerprint density at radius 2 is 2.20 bits per heavy atom. The summed E-state index contributed by atoms with van der Waals surface area (Å²) < 4.78 is 9.82. The molecule has 1 aromatic rings. The lowest BCUT2D eigenvalue weighted by molar-refractivity contribution is -0.138. The maximum atomic E-state index is 10.7. The number of pyridine rings is 1. The molecule has 0 radical (unpaired) electrons. The lowest BCUT2D eigenvalue weighted by Gasteiger charge is -2.12. The van der Waals surface area contributed by atoms with E-state index in [1.54, 1.807) is 0 Å². The first-order chi connectivity index (χ1) is 7.10. The summed E-state index contributed by atoms with van der Waals surface area (Å²) in [6.07, 6.45) is 1.37. The van der Waals surface area contributed by atoms with Crippen LogP contribution in [0.15, 0.2) is 12.3 Å². The first-order valence-electron chi connectivity index (χ1n) is 4.16. The Hall–Kier alpha value is -1.82. The van der Waals surface area contributed by atoms with Crippen molar-refractivity contribution in [3.05, 3.63) is 17.8 Å². The molecule has 1 unspecified atom stereocenters. The number of hydrogen-bond acceptors (Lipinski definition) is 5. The smallest absolute Gasteiger partial charge is 0.325 e. The van der Waals surface area contributed by atoms with Crippen molar-refractivity contribution < 1.29 is 19.4 Å². The fraction of sp³-hybridized carbons (Fsp3) is 0.333. The van der Waals surface area contributed by atoms with E-state index in [2.05, 4.69) is 4.98 Å². The predicted octanol–water partition coefficient (Wildman–Crippen LogP) is 0.183. The standard InChI is InChI=1S/C9H12N2O4/c1-14-6-4-11-7(15-2)3-5(6)8(10)9(12)13/h3-4,8H,10H2,1-2H3,(H,12,13). The van der Waals surface area contributed by atoms with Gasteiger partial charge in [-0.15, -0.1) is 0 Å². The average molecular weight is 212 g/mol. The van der Waals surface area contributed by atoms with Gasteiger partial charge in [0.15, 0.2) is 0 Å². The Bertz CT molecular complexity index is 367. The van der Waals surface area contributed by atoms with E-state index in [0.29, 0.717) is 17.2 Å². The van der Waals surface area contributed by atoms with Gasteiger partial charge in [-0.3, -0.25) is 4.79 Å². The Balaban J connectivity index is 3.16. The molecule has 0 saturated carbocycles. The lowest BCUT2D eigenvalue weighted by Crippen LogP contribution is -2.21. The SMILES string of the molecule is COc1cc(C(N)C(=O)O)c(OC)cn1. The number of methoxy groups -OCH3 is 2. The van der Waals surface area contributed by atoms with Crippen LogP contribution in [0.4, 0.5) is 0 Å². The largest absolute Gasteiger partial charge is 0.495 e. The summed E-state index contributed by atoms with van der Waals surface area (Å²) in [5.74, 6) is -0.519. The van der Waals surface area contributed by atoms with Crippen molar-refractivity contribution in [2.45, 2.75) is 6.04 Å². The molecule has 1 atom stereocenters. The molecule has 0 aliphatic rings. The summed E-state index contributed by atoms with van der Waals surface area (Å²) in [6.45, 7) is 0. The third-order valence-corrected chi connectivity index (χ3v) is 1.90. The minimum absolute atomic E-state index is 0.294.